The first-order chi connectivity index (χ1) is 64.2. The van der Waals surface area contributed by atoms with Crippen molar-refractivity contribution in [3.05, 3.63) is 286 Å². The van der Waals surface area contributed by atoms with Gasteiger partial charge in [-0.25, -0.2) is 53.0 Å². The second-order valence-electron chi connectivity index (χ2n) is 41.9. The molecule has 15 aromatic rings. The van der Waals surface area contributed by atoms with Crippen molar-refractivity contribution in [2.24, 2.45) is 0 Å². The van der Waals surface area contributed by atoms with E-state index in [2.05, 4.69) is 238 Å². The smallest absolute Gasteiger partial charge is 0.405 e. The van der Waals surface area contributed by atoms with Gasteiger partial charge in [-0.05, 0) is 113 Å². The highest BCUT2D eigenvalue weighted by molar-refractivity contribution is 7.13. The Morgan fingerprint density at radius 1 is 0.500 bits per heavy atom. The van der Waals surface area contributed by atoms with Gasteiger partial charge in [0.1, 0.15) is 42.3 Å². The number of methoxy groups -OCH3 is 1. The zero-order valence-electron chi connectivity index (χ0n) is 85.1. The molecule has 16 rings (SSSR count). The zero-order valence-corrected chi connectivity index (χ0v) is 85.9. The van der Waals surface area contributed by atoms with Crippen molar-refractivity contribution in [1.29, 1.82) is 5.26 Å². The van der Waals surface area contributed by atoms with Gasteiger partial charge >= 0.3 is 12.2 Å². The van der Waals surface area contributed by atoms with Crippen molar-refractivity contribution in [2.75, 3.05) is 43.6 Å². The second kappa shape index (κ2) is 45.2. The number of morpholine rings is 1. The molecular weight excluding hydrogens is 1770 g/mol. The van der Waals surface area contributed by atoms with Gasteiger partial charge in [0.15, 0.2) is 5.13 Å². The fourth-order valence-electron chi connectivity index (χ4n) is 12.5. The van der Waals surface area contributed by atoms with Crippen molar-refractivity contribution >= 4 is 22.3 Å². The zero-order chi connectivity index (χ0) is 102. The highest BCUT2D eigenvalue weighted by atomic mass is 32.1. The van der Waals surface area contributed by atoms with Crippen molar-refractivity contribution in [3.63, 3.8) is 0 Å². The predicted molar refractivity (Wildman–Crippen MR) is 536 cm³/mol. The van der Waals surface area contributed by atoms with Gasteiger partial charge < -0.3 is 39.3 Å². The van der Waals surface area contributed by atoms with Crippen LogP contribution in [0.2, 0.25) is 0 Å². The second-order valence-corrected chi connectivity index (χ2v) is 42.7. The first kappa shape index (κ1) is 108. The molecule has 0 spiro atoms. The lowest BCUT2D eigenvalue weighted by Gasteiger charge is -2.33. The molecule has 1 unspecified atom stereocenters. The van der Waals surface area contributed by atoms with Gasteiger partial charge in [-0.2, -0.15) is 54.0 Å². The number of rotatable bonds is 13. The molecule has 0 bridgehead atoms. The van der Waals surface area contributed by atoms with E-state index in [1.807, 2.05) is 165 Å². The van der Waals surface area contributed by atoms with Crippen LogP contribution in [0.15, 0.2) is 217 Å². The molecule has 31 nitrogen and oxygen atoms in total. The van der Waals surface area contributed by atoms with E-state index in [0.717, 1.165) is 98.9 Å². The number of aromatic nitrogens is 22. The van der Waals surface area contributed by atoms with Gasteiger partial charge in [-0.15, -0.1) is 11.3 Å². The number of nitrogens with zero attached hydrogens (tertiary/aromatic N) is 23. The molecule has 4 N–H and O–H groups in total. The summed E-state index contributed by atoms with van der Waals surface area (Å²) in [6.45, 7) is 60.0. The van der Waals surface area contributed by atoms with Gasteiger partial charge in [-0.1, -0.05) is 166 Å². The van der Waals surface area contributed by atoms with Crippen LogP contribution in [-0.4, -0.2) is 164 Å². The molecule has 1 saturated heterocycles. The van der Waals surface area contributed by atoms with Gasteiger partial charge in [0, 0.05) is 160 Å². The number of halogens is 3. The Kier molecular flexibility index (Phi) is 35.5. The summed E-state index contributed by atoms with van der Waals surface area (Å²) in [7, 11) is 1.61. The summed E-state index contributed by atoms with van der Waals surface area (Å²) in [6, 6.07) is 36.3. The van der Waals surface area contributed by atoms with Gasteiger partial charge in [0.05, 0.1) is 130 Å². The van der Waals surface area contributed by atoms with E-state index in [-0.39, 0.29) is 61.3 Å². The quantitative estimate of drug-likeness (QED) is 0.0833. The van der Waals surface area contributed by atoms with Gasteiger partial charge in [0.25, 0.3) is 0 Å². The summed E-state index contributed by atoms with van der Waals surface area (Å²) in [5.41, 5.74) is 15.1. The summed E-state index contributed by atoms with van der Waals surface area (Å²) < 4.78 is 64.9. The number of alkyl halides is 3. The summed E-state index contributed by atoms with van der Waals surface area (Å²) in [5.74, 6) is 0.757. The SMILES string of the molecule is CC(C)(C)c1ccn(-c2cc[nH]c(=O)c2)n1.CC(C)(C)c1ccn(-c2ccnc(C#N)c2)n1.CC(C)(C)c1ccn(-c2ccnc(C(C)(C)O)c2)n1.CC(C)(C)c1ccn(-c2ccnc(CO)c2)n1.CC(C)(C)c1ccn(-c2ccnc(NCC(F)(F)F)c2)n1.CC1COCCN1c1nc(C(C)(C)C)cs1.COc1cc(-n2ccc(C(C)(C)C)n2)ccn1.Cc1cn(-c2nc(C(C)(C)C)co2)cn1. The van der Waals surface area contributed by atoms with Crippen molar-refractivity contribution in [2.45, 2.75) is 262 Å². The number of nitriles is 1. The van der Waals surface area contributed by atoms with E-state index in [1.54, 1.807) is 117 Å². The third-order valence-corrected chi connectivity index (χ3v) is 21.8. The molecular formula is C103H136F3N25O6S. The van der Waals surface area contributed by atoms with E-state index < -0.39 is 18.3 Å². The fourth-order valence-corrected chi connectivity index (χ4v) is 13.7. The van der Waals surface area contributed by atoms with Crippen LogP contribution in [0.4, 0.5) is 24.1 Å². The molecule has 1 aliphatic rings. The predicted octanol–water partition coefficient (Wildman–Crippen LogP) is 20.4. The van der Waals surface area contributed by atoms with Gasteiger partial charge in [0.2, 0.25) is 11.4 Å². The minimum absolute atomic E-state index is 0.0113. The van der Waals surface area contributed by atoms with Crippen molar-refractivity contribution in [1.82, 2.24) is 108 Å². The Morgan fingerprint density at radius 2 is 0.913 bits per heavy atom. The normalized spacial score (nSPS) is 13.2. The summed E-state index contributed by atoms with van der Waals surface area (Å²) in [5, 5.41) is 60.5. The van der Waals surface area contributed by atoms with Crippen molar-refractivity contribution < 1.29 is 37.3 Å². The number of nitrogens with one attached hydrogen (secondary N) is 2. The largest absolute Gasteiger partial charge is 0.481 e. The maximum absolute atomic E-state index is 12.2. The minimum atomic E-state index is -4.28. The number of pyridine rings is 6. The number of aliphatic hydroxyl groups is 2. The fraction of sp³-hybridized carbons (Fsp3) is 0.437. The number of aliphatic hydroxyl groups excluding tert-OH is 1. The molecule has 736 valence electrons. The molecule has 1 aliphatic heterocycles. The number of ether oxygens (including phenoxy) is 2. The minimum Gasteiger partial charge on any atom is -0.481 e. The average molecular weight is 1910 g/mol. The Balaban J connectivity index is 0.000000177. The van der Waals surface area contributed by atoms with Crippen molar-refractivity contribution in [3.8, 4) is 52.1 Å². The number of aromatic amines is 1. The molecule has 0 saturated carbocycles. The Morgan fingerprint density at radius 3 is 1.30 bits per heavy atom. The number of hydrogen-bond donors (Lipinski definition) is 4. The average Bonchev–Trinajstić information content (AvgIpc) is 1.70. The van der Waals surface area contributed by atoms with E-state index in [9.17, 15) is 23.1 Å². The number of H-pyrrole nitrogens is 1. The molecule has 1 atom stereocenters. The van der Waals surface area contributed by atoms with Crippen LogP contribution in [0.25, 0.3) is 40.1 Å². The highest BCUT2D eigenvalue weighted by Crippen LogP contribution is 2.33. The number of aryl methyl sites for hydroxylation is 1. The van der Waals surface area contributed by atoms with E-state index in [0.29, 0.717) is 40.7 Å². The molecule has 138 heavy (non-hydrogen) atoms. The Labute approximate surface area is 812 Å². The van der Waals surface area contributed by atoms with Crippen LogP contribution in [0.5, 0.6) is 5.88 Å². The third kappa shape index (κ3) is 32.4. The Hall–Kier alpha value is -13.4. The molecule has 15 aromatic heterocycles. The van der Waals surface area contributed by atoms with E-state index in [1.165, 1.54) is 24.0 Å². The topological polar surface area (TPSA) is 359 Å². The molecule has 0 aliphatic carbocycles. The standard InChI is InChI=1S/C15H21N3O.C14H17F3N4.C13H14N4.2C13H17N3O.C12H15N3O.C12H20N2OS.C11H15N3O/c1-14(2,3)12-7-9-18(17-12)11-6-8-16-13(10-11)15(4,5)19;1-13(2,3)11-5-7-21(20-11)10-4-6-18-12(8-10)19-9-14(15,16)17;1-13(2,3)12-5-7-17(16-12)11-4-6-15-10(8-11)9-14;1-13(2,3)11-6-8-16(15-11)10-5-7-14-12(9-10)17-4;1-13(2,3)12-5-7-16(15-12)11-4-6-14-10(8-11)9-17;1-12(2,3)10-5-7-15(14-10)9-4-6-13-11(16)8-9;1-9-7-15-6-5-14(9)11-13-10(8-16-11)12(2,3)4;1-8-5-14(7-12-8)10-13-9(6-15-10)11(2,3)4/h6-10,19H,1-5H3;4-8H,9H2,1-3H3,(H,18,19);4-8H,1-3H3;5-9H,1-4H3;4-8,17H,9H2,1-3H3;4-8H,1-3H3,(H,13,16);8-9H,5-7H2,1-4H3;5-7H,1-4H3. The molecule has 0 amide bonds. The van der Waals surface area contributed by atoms with E-state index in [4.69, 9.17) is 29.2 Å². The third-order valence-electron chi connectivity index (χ3n) is 20.9. The molecule has 35 heteroatoms. The lowest BCUT2D eigenvalue weighted by atomic mass is 9.93. The number of anilines is 2. The number of imidazole rings is 1. The van der Waals surface area contributed by atoms with Crippen LogP contribution in [-0.2, 0) is 60.3 Å². The maximum Gasteiger partial charge on any atom is 0.405 e. The van der Waals surface area contributed by atoms with E-state index >= 15 is 0 Å². The number of hydrogen-bond acceptors (Lipinski definition) is 24. The Bertz CT molecular complexity index is 6370. The maximum atomic E-state index is 12.2. The molecule has 0 radical (unpaired) electrons. The summed E-state index contributed by atoms with van der Waals surface area (Å²) in [4.78, 5) is 49.5. The van der Waals surface area contributed by atoms with Gasteiger partial charge in [-0.3, -0.25) is 19.3 Å². The van der Waals surface area contributed by atoms with Crippen LogP contribution < -0.4 is 20.5 Å². The highest BCUT2D eigenvalue weighted by Gasteiger charge is 2.30. The van der Waals surface area contributed by atoms with Crippen LogP contribution in [0, 0.1) is 18.3 Å². The first-order valence-corrected chi connectivity index (χ1v) is 46.4. The van der Waals surface area contributed by atoms with Crippen LogP contribution >= 0.6 is 11.3 Å². The monoisotopic (exact) mass is 1910 g/mol. The lowest BCUT2D eigenvalue weighted by Crippen LogP contribution is -2.43. The first-order valence-electron chi connectivity index (χ1n) is 45.5. The molecule has 1 fully saturated rings. The van der Waals surface area contributed by atoms with Crippen LogP contribution in [0.3, 0.4) is 0 Å². The summed E-state index contributed by atoms with van der Waals surface area (Å²) in [6.07, 6.45) is 22.2. The summed E-state index contributed by atoms with van der Waals surface area (Å²) >= 11 is 1.75. The molecule has 0 aromatic carbocycles. The lowest BCUT2D eigenvalue weighted by molar-refractivity contribution is -0.115. The number of thiazole rings is 1. The molecule has 16 heterocycles. The number of oxazole rings is 1. The van der Waals surface area contributed by atoms with Crippen LogP contribution in [0.1, 0.15) is 255 Å².